The van der Waals surface area contributed by atoms with Crippen LogP contribution in [0.1, 0.15) is 56.7 Å². The molecule has 0 atom stereocenters. The molecule has 0 aromatic heterocycles. The van der Waals surface area contributed by atoms with Crippen LogP contribution in [0.3, 0.4) is 0 Å². The molecule has 2 amide bonds. The van der Waals surface area contributed by atoms with Gasteiger partial charge < -0.3 is 15.3 Å². The number of aliphatic hydroxyl groups excluding tert-OH is 1. The molecule has 1 heterocycles. The molecule has 4 rings (SSSR count). The summed E-state index contributed by atoms with van der Waals surface area (Å²) in [6.45, 7) is 1.75. The van der Waals surface area contributed by atoms with Gasteiger partial charge in [0.05, 0.1) is 34.7 Å². The third kappa shape index (κ3) is 8.50. The summed E-state index contributed by atoms with van der Waals surface area (Å²) in [5, 5.41) is 15.2. The molecule has 1 aliphatic heterocycles. The molecule has 12 heteroatoms. The van der Waals surface area contributed by atoms with Gasteiger partial charge in [0.15, 0.2) is 0 Å². The molecule has 42 heavy (non-hydrogen) atoms. The van der Waals surface area contributed by atoms with Crippen molar-refractivity contribution in [1.29, 1.82) is 0 Å². The van der Waals surface area contributed by atoms with E-state index in [2.05, 4.69) is 20.7 Å². The highest BCUT2D eigenvalue weighted by molar-refractivity contribution is 7.98. The Hall–Kier alpha value is -3.54. The van der Waals surface area contributed by atoms with Gasteiger partial charge in [-0.1, -0.05) is 29.8 Å². The monoisotopic (exact) mass is 618 g/mol. The topological polar surface area (TPSA) is 94.0 Å². The summed E-state index contributed by atoms with van der Waals surface area (Å²) < 4.78 is 39.6. The van der Waals surface area contributed by atoms with E-state index in [9.17, 15) is 22.8 Å². The number of benzene rings is 3. The standard InChI is InChI=1S/C30H30ClF3N4O3S/c31-26-9-7-20(16-25(26)30(32,33)34)18-35-37-29(41)24-17-23(38-11-2-1-3-12-38)8-10-27(24)36-28(40)22-6-4-5-21(15-22)19-42-14-13-39/h4-10,15-18,39H,1-3,11-14,19H2,(H,36,40)(H,37,41)/b35-18-. The molecule has 3 aromatic carbocycles. The third-order valence-electron chi connectivity index (χ3n) is 6.59. The Kier molecular flexibility index (Phi) is 10.9. The predicted molar refractivity (Wildman–Crippen MR) is 162 cm³/mol. The number of thioether (sulfide) groups is 1. The summed E-state index contributed by atoms with van der Waals surface area (Å²) in [6, 6.07) is 15.6. The van der Waals surface area contributed by atoms with E-state index in [1.807, 2.05) is 12.1 Å². The number of hydrogen-bond donors (Lipinski definition) is 3. The lowest BCUT2D eigenvalue weighted by Gasteiger charge is -2.29. The fourth-order valence-electron chi connectivity index (χ4n) is 4.50. The SMILES string of the molecule is O=C(Nc1ccc(N2CCCCC2)cc1C(=O)N/N=C\c1ccc(Cl)c(C(F)(F)F)c1)c1cccc(CSCCO)c1. The van der Waals surface area contributed by atoms with Crippen molar-refractivity contribution in [2.45, 2.75) is 31.2 Å². The molecule has 0 radical (unpaired) electrons. The van der Waals surface area contributed by atoms with Gasteiger partial charge in [0.2, 0.25) is 0 Å². The first-order chi connectivity index (χ1) is 20.2. The first kappa shape index (κ1) is 31.4. The summed E-state index contributed by atoms with van der Waals surface area (Å²) >= 11 is 7.23. The van der Waals surface area contributed by atoms with E-state index in [0.717, 1.165) is 62.0 Å². The van der Waals surface area contributed by atoms with Crippen LogP contribution < -0.4 is 15.6 Å². The van der Waals surface area contributed by atoms with Crippen molar-refractivity contribution in [3.63, 3.8) is 0 Å². The molecular weight excluding hydrogens is 589 g/mol. The average molecular weight is 619 g/mol. The normalized spacial score (nSPS) is 13.8. The number of carbonyl (C=O) groups is 2. The van der Waals surface area contributed by atoms with Crippen molar-refractivity contribution in [3.05, 3.63) is 93.5 Å². The van der Waals surface area contributed by atoms with Crippen molar-refractivity contribution >= 4 is 52.8 Å². The molecular formula is C30H30ClF3N4O3S. The summed E-state index contributed by atoms with van der Waals surface area (Å²) in [7, 11) is 0. The quantitative estimate of drug-likeness (QED) is 0.135. The highest BCUT2D eigenvalue weighted by Crippen LogP contribution is 2.35. The fourth-order valence-corrected chi connectivity index (χ4v) is 5.41. The van der Waals surface area contributed by atoms with Crippen LogP contribution >= 0.6 is 23.4 Å². The summed E-state index contributed by atoms with van der Waals surface area (Å²) in [5.41, 5.74) is 4.02. The number of nitrogens with zero attached hydrogens (tertiary/aromatic N) is 2. The number of rotatable bonds is 10. The minimum Gasteiger partial charge on any atom is -0.396 e. The maximum Gasteiger partial charge on any atom is 0.417 e. The lowest BCUT2D eigenvalue weighted by atomic mass is 10.1. The second-order valence-corrected chi connectivity index (χ2v) is 11.2. The van der Waals surface area contributed by atoms with Crippen LogP contribution in [0, 0.1) is 0 Å². The Morgan fingerprint density at radius 2 is 1.81 bits per heavy atom. The van der Waals surface area contributed by atoms with Gasteiger partial charge in [0, 0.05) is 35.8 Å². The van der Waals surface area contributed by atoms with Gasteiger partial charge >= 0.3 is 6.18 Å². The number of hydrogen-bond acceptors (Lipinski definition) is 6. The van der Waals surface area contributed by atoms with E-state index in [1.54, 1.807) is 42.1 Å². The molecule has 0 aliphatic carbocycles. The molecule has 7 nitrogen and oxygen atoms in total. The number of hydrazone groups is 1. The van der Waals surface area contributed by atoms with E-state index < -0.39 is 28.6 Å². The number of anilines is 2. The van der Waals surface area contributed by atoms with Crippen LogP contribution in [0.15, 0.2) is 65.8 Å². The van der Waals surface area contributed by atoms with Crippen molar-refractivity contribution in [2.24, 2.45) is 5.10 Å². The highest BCUT2D eigenvalue weighted by Gasteiger charge is 2.33. The molecule has 0 saturated carbocycles. The number of nitrogens with one attached hydrogen (secondary N) is 2. The van der Waals surface area contributed by atoms with Crippen molar-refractivity contribution < 1.29 is 27.9 Å². The van der Waals surface area contributed by atoms with Crippen LogP contribution in [-0.2, 0) is 11.9 Å². The molecule has 1 saturated heterocycles. The number of alkyl halides is 3. The fraction of sp³-hybridized carbons (Fsp3) is 0.300. The van der Waals surface area contributed by atoms with Gasteiger partial charge in [-0.15, -0.1) is 0 Å². The average Bonchev–Trinajstić information content (AvgIpc) is 2.98. The van der Waals surface area contributed by atoms with Crippen molar-refractivity contribution in [3.8, 4) is 0 Å². The number of halogens is 4. The Labute approximate surface area is 251 Å². The van der Waals surface area contributed by atoms with E-state index in [0.29, 0.717) is 17.1 Å². The summed E-state index contributed by atoms with van der Waals surface area (Å²) in [4.78, 5) is 28.6. The first-order valence-corrected chi connectivity index (χ1v) is 14.9. The molecule has 3 N–H and O–H groups in total. The van der Waals surface area contributed by atoms with Gasteiger partial charge in [-0.2, -0.15) is 30.0 Å². The zero-order valence-electron chi connectivity index (χ0n) is 22.6. The second-order valence-electron chi connectivity index (χ2n) is 9.64. The van der Waals surface area contributed by atoms with Crippen LogP contribution in [0.2, 0.25) is 5.02 Å². The Morgan fingerprint density at radius 3 is 2.55 bits per heavy atom. The Morgan fingerprint density at radius 1 is 1.02 bits per heavy atom. The Bertz CT molecular complexity index is 1450. The molecule has 222 valence electrons. The third-order valence-corrected chi connectivity index (χ3v) is 7.92. The maximum atomic E-state index is 13.3. The summed E-state index contributed by atoms with van der Waals surface area (Å²) in [5.74, 6) is 0.172. The van der Waals surface area contributed by atoms with E-state index in [-0.39, 0.29) is 23.4 Å². The van der Waals surface area contributed by atoms with Crippen LogP contribution in [0.25, 0.3) is 0 Å². The molecule has 0 spiro atoms. The molecule has 3 aromatic rings. The number of aliphatic hydroxyl groups is 1. The zero-order chi connectivity index (χ0) is 30.1. The highest BCUT2D eigenvalue weighted by atomic mass is 35.5. The maximum absolute atomic E-state index is 13.3. The minimum absolute atomic E-state index is 0.0709. The molecule has 0 bridgehead atoms. The smallest absolute Gasteiger partial charge is 0.396 e. The Balaban J connectivity index is 1.55. The number of piperidine rings is 1. The van der Waals surface area contributed by atoms with Gasteiger partial charge in [-0.05, 0) is 72.9 Å². The van der Waals surface area contributed by atoms with Crippen LogP contribution in [0.5, 0.6) is 0 Å². The van der Waals surface area contributed by atoms with Gasteiger partial charge in [0.25, 0.3) is 11.8 Å². The zero-order valence-corrected chi connectivity index (χ0v) is 24.2. The number of carbonyl (C=O) groups excluding carboxylic acids is 2. The predicted octanol–water partition coefficient (Wildman–Crippen LogP) is 6.59. The van der Waals surface area contributed by atoms with Crippen LogP contribution in [-0.4, -0.2) is 48.6 Å². The number of amides is 2. The molecule has 1 aliphatic rings. The van der Waals surface area contributed by atoms with Gasteiger partial charge in [-0.3, -0.25) is 9.59 Å². The van der Waals surface area contributed by atoms with E-state index >= 15 is 0 Å². The van der Waals surface area contributed by atoms with E-state index in [1.165, 1.54) is 6.07 Å². The minimum atomic E-state index is -4.63. The second kappa shape index (κ2) is 14.6. The van der Waals surface area contributed by atoms with Crippen LogP contribution in [0.4, 0.5) is 24.5 Å². The summed E-state index contributed by atoms with van der Waals surface area (Å²) in [6.07, 6.45) is -0.359. The van der Waals surface area contributed by atoms with E-state index in [4.69, 9.17) is 16.7 Å². The van der Waals surface area contributed by atoms with Crippen molar-refractivity contribution in [1.82, 2.24) is 5.43 Å². The van der Waals surface area contributed by atoms with Gasteiger partial charge in [-0.25, -0.2) is 5.43 Å². The lowest BCUT2D eigenvalue weighted by molar-refractivity contribution is -0.137. The largest absolute Gasteiger partial charge is 0.417 e. The molecule has 0 unspecified atom stereocenters. The lowest BCUT2D eigenvalue weighted by Crippen LogP contribution is -2.30. The first-order valence-electron chi connectivity index (χ1n) is 13.3. The van der Waals surface area contributed by atoms with Gasteiger partial charge in [0.1, 0.15) is 0 Å². The van der Waals surface area contributed by atoms with Crippen molar-refractivity contribution in [2.75, 3.05) is 35.7 Å². The molecule has 1 fully saturated rings.